The minimum atomic E-state index is -0.132. The van der Waals surface area contributed by atoms with E-state index in [1.807, 2.05) is 18.2 Å². The highest BCUT2D eigenvalue weighted by Crippen LogP contribution is 2.15. The third-order valence-electron chi connectivity index (χ3n) is 4.44. The lowest BCUT2D eigenvalue weighted by Gasteiger charge is -2.18. The standard InChI is InChI=1S/C17H24N6O2/c1-3-23-9-7-13(11-23)10-19-17(24)22(2)12-15-20-16(21-25-15)14-6-4-5-8-18-14/h4-6,8,13H,3,7,9-12H2,1-2H3,(H,19,24). The number of carbonyl (C=O) groups is 1. The average molecular weight is 344 g/mol. The molecule has 1 fully saturated rings. The summed E-state index contributed by atoms with van der Waals surface area (Å²) in [5.41, 5.74) is 0.645. The van der Waals surface area contributed by atoms with Gasteiger partial charge in [-0.3, -0.25) is 4.98 Å². The lowest BCUT2D eigenvalue weighted by Crippen LogP contribution is -2.39. The van der Waals surface area contributed by atoms with Crippen LogP contribution in [0.4, 0.5) is 4.79 Å². The van der Waals surface area contributed by atoms with Crippen LogP contribution in [0.3, 0.4) is 0 Å². The van der Waals surface area contributed by atoms with Crippen molar-refractivity contribution in [2.45, 2.75) is 19.9 Å². The van der Waals surface area contributed by atoms with Crippen LogP contribution in [0.2, 0.25) is 0 Å². The van der Waals surface area contributed by atoms with Gasteiger partial charge in [0.2, 0.25) is 11.7 Å². The van der Waals surface area contributed by atoms with Gasteiger partial charge in [-0.1, -0.05) is 18.1 Å². The molecule has 1 aliphatic heterocycles. The highest BCUT2D eigenvalue weighted by Gasteiger charge is 2.22. The minimum absolute atomic E-state index is 0.132. The fourth-order valence-corrected chi connectivity index (χ4v) is 2.93. The molecule has 2 aromatic rings. The number of pyridine rings is 1. The summed E-state index contributed by atoms with van der Waals surface area (Å²) in [6.07, 6.45) is 2.81. The predicted molar refractivity (Wildman–Crippen MR) is 92.6 cm³/mol. The molecule has 134 valence electrons. The third kappa shape index (κ3) is 4.54. The van der Waals surface area contributed by atoms with Crippen molar-refractivity contribution >= 4 is 6.03 Å². The van der Waals surface area contributed by atoms with E-state index in [2.05, 4.69) is 32.3 Å². The van der Waals surface area contributed by atoms with Gasteiger partial charge in [0, 0.05) is 26.3 Å². The van der Waals surface area contributed by atoms with E-state index in [0.29, 0.717) is 29.9 Å². The van der Waals surface area contributed by atoms with Crippen LogP contribution >= 0.6 is 0 Å². The molecule has 0 spiro atoms. The summed E-state index contributed by atoms with van der Waals surface area (Å²) < 4.78 is 5.22. The fourth-order valence-electron chi connectivity index (χ4n) is 2.93. The number of nitrogens with zero attached hydrogens (tertiary/aromatic N) is 5. The molecule has 1 atom stereocenters. The van der Waals surface area contributed by atoms with Crippen LogP contribution in [0.25, 0.3) is 11.5 Å². The van der Waals surface area contributed by atoms with Crippen molar-refractivity contribution in [3.8, 4) is 11.5 Å². The summed E-state index contributed by atoms with van der Waals surface area (Å²) in [6.45, 7) is 6.36. The molecule has 3 rings (SSSR count). The van der Waals surface area contributed by atoms with E-state index in [0.717, 1.165) is 26.1 Å². The van der Waals surface area contributed by atoms with Gasteiger partial charge in [-0.2, -0.15) is 4.98 Å². The lowest BCUT2D eigenvalue weighted by atomic mass is 10.1. The highest BCUT2D eigenvalue weighted by atomic mass is 16.5. The second-order valence-corrected chi connectivity index (χ2v) is 6.32. The zero-order valence-electron chi connectivity index (χ0n) is 14.7. The van der Waals surface area contributed by atoms with E-state index in [1.165, 1.54) is 0 Å². The summed E-state index contributed by atoms with van der Waals surface area (Å²) in [5, 5.41) is 6.90. The summed E-state index contributed by atoms with van der Waals surface area (Å²) in [6, 6.07) is 5.37. The van der Waals surface area contributed by atoms with Crippen molar-refractivity contribution in [2.75, 3.05) is 33.2 Å². The molecule has 0 aromatic carbocycles. The van der Waals surface area contributed by atoms with Gasteiger partial charge in [-0.15, -0.1) is 0 Å². The monoisotopic (exact) mass is 344 g/mol. The van der Waals surface area contributed by atoms with Crippen molar-refractivity contribution in [1.29, 1.82) is 0 Å². The van der Waals surface area contributed by atoms with Crippen molar-refractivity contribution in [2.24, 2.45) is 5.92 Å². The lowest BCUT2D eigenvalue weighted by molar-refractivity contribution is 0.197. The Hall–Kier alpha value is -2.48. The van der Waals surface area contributed by atoms with Crippen LogP contribution in [0.15, 0.2) is 28.9 Å². The van der Waals surface area contributed by atoms with Crippen LogP contribution in [-0.2, 0) is 6.54 Å². The molecule has 3 heterocycles. The van der Waals surface area contributed by atoms with Gasteiger partial charge in [0.15, 0.2) is 0 Å². The smallest absolute Gasteiger partial charge is 0.317 e. The van der Waals surface area contributed by atoms with E-state index >= 15 is 0 Å². The van der Waals surface area contributed by atoms with Crippen LogP contribution in [0, 0.1) is 5.92 Å². The summed E-state index contributed by atoms with van der Waals surface area (Å²) in [5.74, 6) is 1.34. The molecule has 1 unspecified atom stereocenters. The number of carbonyl (C=O) groups excluding carboxylic acids is 1. The maximum Gasteiger partial charge on any atom is 0.317 e. The van der Waals surface area contributed by atoms with Crippen molar-refractivity contribution in [3.63, 3.8) is 0 Å². The van der Waals surface area contributed by atoms with Crippen LogP contribution in [0.5, 0.6) is 0 Å². The molecule has 0 bridgehead atoms. The van der Waals surface area contributed by atoms with Crippen LogP contribution < -0.4 is 5.32 Å². The molecule has 8 heteroatoms. The first-order chi connectivity index (χ1) is 12.2. The first-order valence-corrected chi connectivity index (χ1v) is 8.61. The number of nitrogens with one attached hydrogen (secondary N) is 1. The van der Waals surface area contributed by atoms with E-state index in [1.54, 1.807) is 18.1 Å². The third-order valence-corrected chi connectivity index (χ3v) is 4.44. The van der Waals surface area contributed by atoms with Crippen molar-refractivity contribution < 1.29 is 9.32 Å². The number of hydrogen-bond donors (Lipinski definition) is 1. The molecule has 1 saturated heterocycles. The van der Waals surface area contributed by atoms with Gasteiger partial charge in [0.05, 0.1) is 0 Å². The molecule has 2 amide bonds. The maximum absolute atomic E-state index is 12.2. The number of rotatable bonds is 6. The zero-order valence-corrected chi connectivity index (χ0v) is 14.7. The number of likely N-dealkylation sites (tertiary alicyclic amines) is 1. The van der Waals surface area contributed by atoms with Gasteiger partial charge < -0.3 is 19.6 Å². The van der Waals surface area contributed by atoms with E-state index in [4.69, 9.17) is 4.52 Å². The van der Waals surface area contributed by atoms with Gasteiger partial charge in [-0.05, 0) is 37.6 Å². The Bertz CT molecular complexity index is 689. The van der Waals surface area contributed by atoms with Gasteiger partial charge in [0.25, 0.3) is 0 Å². The molecule has 0 radical (unpaired) electrons. The molecule has 0 aliphatic carbocycles. The Morgan fingerprint density at radius 1 is 1.48 bits per heavy atom. The highest BCUT2D eigenvalue weighted by molar-refractivity contribution is 5.73. The SMILES string of the molecule is CCN1CCC(CNC(=O)N(C)Cc2nc(-c3ccccn3)no2)C1. The largest absolute Gasteiger partial charge is 0.338 e. The molecule has 1 N–H and O–H groups in total. The Balaban J connectivity index is 1.48. The summed E-state index contributed by atoms with van der Waals surface area (Å²) in [4.78, 5) is 24.6. The van der Waals surface area contributed by atoms with Gasteiger partial charge in [0.1, 0.15) is 12.2 Å². The van der Waals surface area contributed by atoms with Crippen LogP contribution in [-0.4, -0.2) is 64.2 Å². The first kappa shape index (κ1) is 17.3. The second kappa shape index (κ2) is 8.06. The zero-order chi connectivity index (χ0) is 17.6. The van der Waals surface area contributed by atoms with Crippen molar-refractivity contribution in [1.82, 2.24) is 30.2 Å². The Morgan fingerprint density at radius 2 is 2.36 bits per heavy atom. The van der Waals surface area contributed by atoms with Gasteiger partial charge >= 0.3 is 6.03 Å². The Morgan fingerprint density at radius 3 is 3.08 bits per heavy atom. The number of aromatic nitrogens is 3. The van der Waals surface area contributed by atoms with E-state index < -0.39 is 0 Å². The normalized spacial score (nSPS) is 17.6. The second-order valence-electron chi connectivity index (χ2n) is 6.32. The molecule has 1 aliphatic rings. The maximum atomic E-state index is 12.2. The fraction of sp³-hybridized carbons (Fsp3) is 0.529. The van der Waals surface area contributed by atoms with E-state index in [-0.39, 0.29) is 12.6 Å². The molecule has 2 aromatic heterocycles. The minimum Gasteiger partial charge on any atom is -0.338 e. The predicted octanol–water partition coefficient (Wildman–Crippen LogP) is 1.61. The summed E-state index contributed by atoms with van der Waals surface area (Å²) in [7, 11) is 1.72. The molecule has 0 saturated carbocycles. The Labute approximate surface area is 147 Å². The number of hydrogen-bond acceptors (Lipinski definition) is 6. The van der Waals surface area contributed by atoms with Crippen molar-refractivity contribution in [3.05, 3.63) is 30.3 Å². The van der Waals surface area contributed by atoms with Gasteiger partial charge in [-0.25, -0.2) is 4.79 Å². The average Bonchev–Trinajstić information content (AvgIpc) is 3.29. The molecular formula is C17H24N6O2. The quantitative estimate of drug-likeness (QED) is 0.857. The first-order valence-electron chi connectivity index (χ1n) is 8.61. The topological polar surface area (TPSA) is 87.4 Å². The van der Waals surface area contributed by atoms with Crippen LogP contribution in [0.1, 0.15) is 19.2 Å². The number of amides is 2. The molecule has 25 heavy (non-hydrogen) atoms. The summed E-state index contributed by atoms with van der Waals surface area (Å²) >= 11 is 0. The molecule has 8 nitrogen and oxygen atoms in total. The van der Waals surface area contributed by atoms with E-state index in [9.17, 15) is 4.79 Å². The number of urea groups is 1. The Kier molecular flexibility index (Phi) is 5.60. The molecular weight excluding hydrogens is 320 g/mol.